The van der Waals surface area contributed by atoms with Crippen molar-refractivity contribution in [2.45, 2.75) is 54.9 Å². The fraction of sp³-hybridized carbons (Fsp3) is 0.750. The summed E-state index contributed by atoms with van der Waals surface area (Å²) in [5.41, 5.74) is 1.40. The molecule has 0 aliphatic carbocycles. The molecule has 0 bridgehead atoms. The Morgan fingerprint density at radius 3 is 2.10 bits per heavy atom. The predicted molar refractivity (Wildman–Crippen MR) is 87.4 cm³/mol. The number of nitrogens with one attached hydrogen (secondary N) is 2. The topological polar surface area (TPSA) is 49.8 Å². The average Bonchev–Trinajstić information content (AvgIpc) is 2.36. The van der Waals surface area contributed by atoms with E-state index in [4.69, 9.17) is 0 Å². The van der Waals surface area contributed by atoms with E-state index in [1.165, 1.54) is 0 Å². The molecular formula is C16H30N4. The summed E-state index contributed by atoms with van der Waals surface area (Å²) in [7, 11) is 0. The molecule has 4 nitrogen and oxygen atoms in total. The Kier molecular flexibility index (Phi) is 5.78. The molecular weight excluding hydrogens is 248 g/mol. The van der Waals surface area contributed by atoms with Gasteiger partial charge in [0.2, 0.25) is 0 Å². The summed E-state index contributed by atoms with van der Waals surface area (Å²) in [6.45, 7) is 17.1. The van der Waals surface area contributed by atoms with Gasteiger partial charge in [-0.2, -0.15) is 0 Å². The van der Waals surface area contributed by atoms with E-state index in [9.17, 15) is 0 Å². The lowest BCUT2D eigenvalue weighted by Gasteiger charge is -2.28. The van der Waals surface area contributed by atoms with Crippen LogP contribution in [0.25, 0.3) is 0 Å². The molecule has 0 aliphatic heterocycles. The SMILES string of the molecule is CCCNc1nc(C)nc(NCC(C)C(C)(C)C)c1C. The molecule has 0 fully saturated rings. The zero-order valence-corrected chi connectivity index (χ0v) is 14.1. The van der Waals surface area contributed by atoms with E-state index in [0.29, 0.717) is 11.3 Å². The summed E-state index contributed by atoms with van der Waals surface area (Å²) in [4.78, 5) is 9.02. The van der Waals surface area contributed by atoms with Crippen molar-refractivity contribution >= 4 is 11.6 Å². The van der Waals surface area contributed by atoms with Crippen molar-refractivity contribution in [2.24, 2.45) is 11.3 Å². The second-order valence-corrected chi connectivity index (χ2v) is 6.67. The summed E-state index contributed by atoms with van der Waals surface area (Å²) >= 11 is 0. The molecule has 0 aromatic carbocycles. The van der Waals surface area contributed by atoms with Crippen LogP contribution in [-0.2, 0) is 0 Å². The maximum atomic E-state index is 4.53. The smallest absolute Gasteiger partial charge is 0.134 e. The van der Waals surface area contributed by atoms with Crippen molar-refractivity contribution < 1.29 is 0 Å². The van der Waals surface area contributed by atoms with Gasteiger partial charge in [-0.1, -0.05) is 34.6 Å². The van der Waals surface area contributed by atoms with E-state index in [0.717, 1.165) is 42.5 Å². The maximum absolute atomic E-state index is 4.53. The second-order valence-electron chi connectivity index (χ2n) is 6.67. The Hall–Kier alpha value is -1.32. The van der Waals surface area contributed by atoms with Gasteiger partial charge in [0, 0.05) is 18.7 Å². The Balaban J connectivity index is 2.82. The van der Waals surface area contributed by atoms with Gasteiger partial charge >= 0.3 is 0 Å². The lowest BCUT2D eigenvalue weighted by atomic mass is 9.82. The van der Waals surface area contributed by atoms with E-state index >= 15 is 0 Å². The Morgan fingerprint density at radius 1 is 1.05 bits per heavy atom. The number of nitrogens with zero attached hydrogens (tertiary/aromatic N) is 2. The predicted octanol–water partition coefficient (Wildman–Crippen LogP) is 4.01. The molecule has 114 valence electrons. The highest BCUT2D eigenvalue weighted by Crippen LogP contribution is 2.26. The first-order valence-corrected chi connectivity index (χ1v) is 7.58. The molecule has 20 heavy (non-hydrogen) atoms. The van der Waals surface area contributed by atoms with Crippen LogP contribution < -0.4 is 10.6 Å². The first-order valence-electron chi connectivity index (χ1n) is 7.58. The van der Waals surface area contributed by atoms with Gasteiger partial charge in [-0.3, -0.25) is 0 Å². The molecule has 0 aliphatic rings. The van der Waals surface area contributed by atoms with Crippen LogP contribution in [0.4, 0.5) is 11.6 Å². The van der Waals surface area contributed by atoms with Gasteiger partial charge in [-0.25, -0.2) is 9.97 Å². The Bertz CT molecular complexity index is 435. The van der Waals surface area contributed by atoms with Crippen LogP contribution in [0.1, 0.15) is 52.4 Å². The summed E-state index contributed by atoms with van der Waals surface area (Å²) < 4.78 is 0. The third-order valence-corrected chi connectivity index (χ3v) is 3.85. The van der Waals surface area contributed by atoms with E-state index in [1.807, 2.05) is 6.92 Å². The minimum absolute atomic E-state index is 0.298. The number of aryl methyl sites for hydroxylation is 1. The molecule has 1 aromatic rings. The standard InChI is InChI=1S/C16H30N4/c1-8-9-17-14-12(3)15(20-13(4)19-14)18-10-11(2)16(5,6)7/h11H,8-10H2,1-7H3,(H2,17,18,19,20). The highest BCUT2D eigenvalue weighted by Gasteiger charge is 2.20. The molecule has 1 unspecified atom stereocenters. The molecule has 1 rings (SSSR count). The third-order valence-electron chi connectivity index (χ3n) is 3.85. The monoisotopic (exact) mass is 278 g/mol. The molecule has 0 amide bonds. The fourth-order valence-corrected chi connectivity index (χ4v) is 1.77. The third kappa shape index (κ3) is 4.66. The zero-order chi connectivity index (χ0) is 15.3. The lowest BCUT2D eigenvalue weighted by Crippen LogP contribution is -2.25. The molecule has 0 radical (unpaired) electrons. The molecule has 0 saturated carbocycles. The van der Waals surface area contributed by atoms with E-state index in [1.54, 1.807) is 0 Å². The number of rotatable bonds is 6. The largest absolute Gasteiger partial charge is 0.370 e. The zero-order valence-electron chi connectivity index (χ0n) is 14.1. The molecule has 2 N–H and O–H groups in total. The van der Waals surface area contributed by atoms with Gasteiger partial charge in [-0.05, 0) is 31.6 Å². The average molecular weight is 278 g/mol. The van der Waals surface area contributed by atoms with Crippen molar-refractivity contribution in [3.05, 3.63) is 11.4 Å². The quantitative estimate of drug-likeness (QED) is 0.825. The second kappa shape index (κ2) is 6.91. The van der Waals surface area contributed by atoms with Crippen LogP contribution in [0.3, 0.4) is 0 Å². The van der Waals surface area contributed by atoms with Gasteiger partial charge in [0.05, 0.1) is 0 Å². The van der Waals surface area contributed by atoms with Gasteiger partial charge < -0.3 is 10.6 Å². The lowest BCUT2D eigenvalue weighted by molar-refractivity contribution is 0.274. The number of anilines is 2. The number of aromatic nitrogens is 2. The summed E-state index contributed by atoms with van der Waals surface area (Å²) in [6.07, 6.45) is 1.09. The van der Waals surface area contributed by atoms with Gasteiger partial charge in [0.1, 0.15) is 17.5 Å². The highest BCUT2D eigenvalue weighted by molar-refractivity contribution is 5.57. The first-order chi connectivity index (χ1) is 9.25. The van der Waals surface area contributed by atoms with E-state index in [-0.39, 0.29) is 0 Å². The van der Waals surface area contributed by atoms with Gasteiger partial charge in [0.15, 0.2) is 0 Å². The van der Waals surface area contributed by atoms with Crippen LogP contribution in [0.2, 0.25) is 0 Å². The van der Waals surface area contributed by atoms with E-state index < -0.39 is 0 Å². The number of hydrogen-bond donors (Lipinski definition) is 2. The maximum Gasteiger partial charge on any atom is 0.134 e. The molecule has 1 aromatic heterocycles. The Labute approximate surface area is 123 Å². The molecule has 0 saturated heterocycles. The first kappa shape index (κ1) is 16.7. The van der Waals surface area contributed by atoms with Crippen molar-refractivity contribution in [3.63, 3.8) is 0 Å². The summed E-state index contributed by atoms with van der Waals surface area (Å²) in [5, 5.41) is 6.86. The fourth-order valence-electron chi connectivity index (χ4n) is 1.77. The van der Waals surface area contributed by atoms with Crippen LogP contribution in [0.5, 0.6) is 0 Å². The van der Waals surface area contributed by atoms with Crippen LogP contribution in [0.15, 0.2) is 0 Å². The van der Waals surface area contributed by atoms with Gasteiger partial charge in [0.25, 0.3) is 0 Å². The minimum Gasteiger partial charge on any atom is -0.370 e. The Morgan fingerprint density at radius 2 is 1.60 bits per heavy atom. The van der Waals surface area contributed by atoms with Crippen molar-refractivity contribution in [1.82, 2.24) is 9.97 Å². The summed E-state index contributed by atoms with van der Waals surface area (Å²) in [6, 6.07) is 0. The normalized spacial score (nSPS) is 13.2. The van der Waals surface area contributed by atoms with Crippen LogP contribution in [0, 0.1) is 25.2 Å². The van der Waals surface area contributed by atoms with Crippen molar-refractivity contribution in [3.8, 4) is 0 Å². The molecule has 4 heteroatoms. The van der Waals surface area contributed by atoms with Crippen LogP contribution >= 0.6 is 0 Å². The number of hydrogen-bond acceptors (Lipinski definition) is 4. The molecule has 1 heterocycles. The van der Waals surface area contributed by atoms with Crippen molar-refractivity contribution in [2.75, 3.05) is 23.7 Å². The molecule has 0 spiro atoms. The van der Waals surface area contributed by atoms with Crippen LogP contribution in [-0.4, -0.2) is 23.1 Å². The summed E-state index contributed by atoms with van der Waals surface area (Å²) in [5.74, 6) is 3.28. The van der Waals surface area contributed by atoms with Crippen molar-refractivity contribution in [1.29, 1.82) is 0 Å². The van der Waals surface area contributed by atoms with E-state index in [2.05, 4.69) is 62.1 Å². The van der Waals surface area contributed by atoms with Gasteiger partial charge in [-0.15, -0.1) is 0 Å². The molecule has 1 atom stereocenters. The minimum atomic E-state index is 0.298. The highest BCUT2D eigenvalue weighted by atomic mass is 15.1.